The van der Waals surface area contributed by atoms with Crippen molar-refractivity contribution in [2.45, 2.75) is 202 Å². The van der Waals surface area contributed by atoms with E-state index in [0.717, 1.165) is 79.4 Å². The van der Waals surface area contributed by atoms with Gasteiger partial charge in [-0.15, -0.1) is 0 Å². The number of hydrogen-bond acceptors (Lipinski definition) is 2. The molecule has 0 bridgehead atoms. The monoisotopic (exact) mass is 665 g/mol. The van der Waals surface area contributed by atoms with E-state index in [2.05, 4.69) is 72.8 Å². The van der Waals surface area contributed by atoms with Crippen LogP contribution in [0.15, 0.2) is 24.3 Å². The minimum atomic E-state index is 0.0744. The Hall–Kier alpha value is -1.05. The van der Waals surface area contributed by atoms with Gasteiger partial charge >= 0.3 is 5.97 Å². The Labute approximate surface area is 299 Å². The number of esters is 1. The largest absolute Gasteiger partial charge is 0.462 e. The van der Waals surface area contributed by atoms with Crippen molar-refractivity contribution >= 4 is 5.97 Å². The molecule has 2 nitrogen and oxygen atoms in total. The molecule has 4 aliphatic carbocycles. The van der Waals surface area contributed by atoms with Crippen LogP contribution < -0.4 is 0 Å². The molecule has 4 aliphatic rings. The van der Waals surface area contributed by atoms with Crippen LogP contribution in [0.1, 0.15) is 196 Å². The van der Waals surface area contributed by atoms with Crippen molar-refractivity contribution < 1.29 is 9.53 Å². The van der Waals surface area contributed by atoms with Gasteiger partial charge in [-0.05, 0) is 154 Å². The maximum Gasteiger partial charge on any atom is 0.306 e. The number of hydrogen-bond donors (Lipinski definition) is 0. The maximum absolute atomic E-state index is 12.8. The first-order valence-electron chi connectivity index (χ1n) is 21.6. The zero-order chi connectivity index (χ0) is 34.6. The molecule has 0 amide bonds. The first-order valence-corrected chi connectivity index (χ1v) is 21.6. The van der Waals surface area contributed by atoms with E-state index < -0.39 is 0 Å². The Balaban J connectivity index is 1.12. The lowest BCUT2D eigenvalue weighted by atomic mass is 9.44. The Morgan fingerprint density at radius 1 is 0.729 bits per heavy atom. The Morgan fingerprint density at radius 3 is 2.12 bits per heavy atom. The van der Waals surface area contributed by atoms with Gasteiger partial charge in [0.15, 0.2) is 0 Å². The zero-order valence-electron chi connectivity index (χ0n) is 33.1. The van der Waals surface area contributed by atoms with Crippen LogP contribution in [0, 0.1) is 58.2 Å². The summed E-state index contributed by atoms with van der Waals surface area (Å²) in [5.41, 5.74) is 1.03. The summed E-state index contributed by atoms with van der Waals surface area (Å²) < 4.78 is 6.17. The summed E-state index contributed by atoms with van der Waals surface area (Å²) in [6.45, 7) is 17.5. The molecule has 0 aromatic carbocycles. The molecular formula is C46H80O2. The van der Waals surface area contributed by atoms with Crippen LogP contribution in [0.4, 0.5) is 0 Å². The first-order chi connectivity index (χ1) is 23.1. The van der Waals surface area contributed by atoms with Crippen LogP contribution in [-0.2, 0) is 9.53 Å². The molecule has 4 rings (SSSR count). The molecule has 0 aromatic heterocycles. The van der Waals surface area contributed by atoms with Crippen molar-refractivity contribution in [3.05, 3.63) is 24.3 Å². The minimum Gasteiger partial charge on any atom is -0.462 e. The van der Waals surface area contributed by atoms with Gasteiger partial charge < -0.3 is 4.74 Å². The number of fused-ring (bicyclic) bond motifs is 5. The van der Waals surface area contributed by atoms with Gasteiger partial charge in [0.1, 0.15) is 6.10 Å². The predicted octanol–water partition coefficient (Wildman–Crippen LogP) is 14.1. The molecule has 0 radical (unpaired) electrons. The van der Waals surface area contributed by atoms with Crippen molar-refractivity contribution in [2.75, 3.05) is 0 Å². The van der Waals surface area contributed by atoms with E-state index in [9.17, 15) is 4.79 Å². The van der Waals surface area contributed by atoms with E-state index in [4.69, 9.17) is 4.74 Å². The SMILES string of the molecule is CCCCCC=CCC=CCCCCCCCC(=O)OC1CC[C@@]2(C)C(CC[C@H]3[C@@H]4CC[C@H]([C@H](C)CC[C@@H](C)C(C)C)[C@@]4(C)CC[C@@H]32)C1. The van der Waals surface area contributed by atoms with Gasteiger partial charge in [0.05, 0.1) is 0 Å². The molecule has 276 valence electrons. The Bertz CT molecular complexity index is 994. The molecule has 48 heavy (non-hydrogen) atoms. The third-order valence-corrected chi connectivity index (χ3v) is 15.2. The van der Waals surface area contributed by atoms with Crippen LogP contribution in [0.5, 0.6) is 0 Å². The summed E-state index contributed by atoms with van der Waals surface area (Å²) in [6.07, 6.45) is 38.5. The molecule has 0 spiro atoms. The fourth-order valence-electron chi connectivity index (χ4n) is 11.7. The minimum absolute atomic E-state index is 0.0744. The number of carbonyl (C=O) groups excluding carboxylic acids is 1. The average Bonchev–Trinajstić information content (AvgIpc) is 3.42. The number of carbonyl (C=O) groups is 1. The summed E-state index contributed by atoms with van der Waals surface area (Å²) >= 11 is 0. The quantitative estimate of drug-likeness (QED) is 0.0735. The molecule has 4 saturated carbocycles. The van der Waals surface area contributed by atoms with Crippen molar-refractivity contribution in [3.63, 3.8) is 0 Å². The standard InChI is InChI=1S/C46H80O2/c1-8-9-10-11-12-13-14-15-16-17-18-19-20-21-22-23-44(47)48-39-30-32-45(6)38(34-39)26-27-40-42-29-28-41(46(42,7)33-31-43(40)45)37(5)25-24-36(4)35(2)3/h12-13,15-16,35-43H,8-11,14,17-34H2,1-7H3/t36-,37-,38?,39?,40+,41-,42+,43+,45+,46-/m1/s1. The van der Waals surface area contributed by atoms with Gasteiger partial charge in [-0.25, -0.2) is 0 Å². The number of unbranched alkanes of at least 4 members (excludes halogenated alkanes) is 8. The molecule has 10 atom stereocenters. The average molecular weight is 665 g/mol. The van der Waals surface area contributed by atoms with Crippen molar-refractivity contribution in [3.8, 4) is 0 Å². The molecule has 2 unspecified atom stereocenters. The third-order valence-electron chi connectivity index (χ3n) is 15.2. The topological polar surface area (TPSA) is 26.3 Å². The van der Waals surface area contributed by atoms with E-state index in [-0.39, 0.29) is 12.1 Å². The van der Waals surface area contributed by atoms with Crippen molar-refractivity contribution in [1.29, 1.82) is 0 Å². The van der Waals surface area contributed by atoms with Gasteiger partial charge in [-0.3, -0.25) is 4.79 Å². The fraction of sp³-hybridized carbons (Fsp3) is 0.891. The van der Waals surface area contributed by atoms with Crippen LogP contribution in [0.2, 0.25) is 0 Å². The summed E-state index contributed by atoms with van der Waals surface area (Å²) in [5.74, 6) is 7.08. The summed E-state index contributed by atoms with van der Waals surface area (Å²) in [4.78, 5) is 12.8. The van der Waals surface area contributed by atoms with Crippen molar-refractivity contribution in [1.82, 2.24) is 0 Å². The van der Waals surface area contributed by atoms with Gasteiger partial charge in [-0.2, -0.15) is 0 Å². The third kappa shape index (κ3) is 10.5. The highest BCUT2D eigenvalue weighted by Gasteiger charge is 2.60. The van der Waals surface area contributed by atoms with E-state index >= 15 is 0 Å². The first kappa shape index (κ1) is 39.7. The van der Waals surface area contributed by atoms with Gasteiger partial charge in [-0.1, -0.05) is 118 Å². The van der Waals surface area contributed by atoms with Crippen molar-refractivity contribution in [2.24, 2.45) is 58.2 Å². The highest BCUT2D eigenvalue weighted by Crippen LogP contribution is 2.68. The molecule has 2 heteroatoms. The normalized spacial score (nSPS) is 34.7. The summed E-state index contributed by atoms with van der Waals surface area (Å²) in [7, 11) is 0. The molecule has 0 heterocycles. The second kappa shape index (κ2) is 19.5. The van der Waals surface area contributed by atoms with Gasteiger partial charge in [0.25, 0.3) is 0 Å². The van der Waals surface area contributed by atoms with Crippen LogP contribution in [0.25, 0.3) is 0 Å². The highest BCUT2D eigenvalue weighted by molar-refractivity contribution is 5.69. The van der Waals surface area contributed by atoms with E-state index in [1.807, 2.05) is 0 Å². The lowest BCUT2D eigenvalue weighted by Crippen LogP contribution is -2.54. The summed E-state index contributed by atoms with van der Waals surface area (Å²) in [6, 6.07) is 0. The van der Waals surface area contributed by atoms with E-state index in [0.29, 0.717) is 17.3 Å². The molecule has 0 saturated heterocycles. The Morgan fingerprint density at radius 2 is 1.40 bits per heavy atom. The molecule has 0 aromatic rings. The maximum atomic E-state index is 12.8. The molecule has 4 fully saturated rings. The second-order valence-electron chi connectivity index (χ2n) is 18.5. The molecular weight excluding hydrogens is 585 g/mol. The van der Waals surface area contributed by atoms with E-state index in [1.165, 1.54) is 109 Å². The lowest BCUT2D eigenvalue weighted by molar-refractivity contribution is -0.162. The van der Waals surface area contributed by atoms with E-state index in [1.54, 1.807) is 0 Å². The highest BCUT2D eigenvalue weighted by atomic mass is 16.5. The molecule has 0 aliphatic heterocycles. The van der Waals surface area contributed by atoms with Crippen LogP contribution >= 0.6 is 0 Å². The van der Waals surface area contributed by atoms with Crippen LogP contribution in [0.3, 0.4) is 0 Å². The number of ether oxygens (including phenoxy) is 1. The van der Waals surface area contributed by atoms with Gasteiger partial charge in [0, 0.05) is 6.42 Å². The molecule has 0 N–H and O–H groups in total. The zero-order valence-corrected chi connectivity index (χ0v) is 33.1. The summed E-state index contributed by atoms with van der Waals surface area (Å²) in [5, 5.41) is 0. The number of allylic oxidation sites excluding steroid dienone is 4. The lowest BCUT2D eigenvalue weighted by Gasteiger charge is -2.61. The smallest absolute Gasteiger partial charge is 0.306 e. The fourth-order valence-corrected chi connectivity index (χ4v) is 11.7. The number of rotatable bonds is 20. The van der Waals surface area contributed by atoms with Crippen LogP contribution in [-0.4, -0.2) is 12.1 Å². The van der Waals surface area contributed by atoms with Gasteiger partial charge in [0.2, 0.25) is 0 Å². The predicted molar refractivity (Wildman–Crippen MR) is 207 cm³/mol. The second-order valence-corrected chi connectivity index (χ2v) is 18.5. The Kier molecular flexibility index (Phi) is 16.2.